The standard InChI is InChI=1S/C15H12F2O4/c1-8-10(13(18)19)3-2-6-15(8,14(20)21)9-4-5-11(16)12(17)7-9/h2-8H,1H3,(H,18,19)(H,20,21). The van der Waals surface area contributed by atoms with E-state index in [0.717, 1.165) is 18.2 Å². The van der Waals surface area contributed by atoms with Crippen molar-refractivity contribution in [3.63, 3.8) is 0 Å². The Bertz CT molecular complexity index is 678. The van der Waals surface area contributed by atoms with E-state index < -0.39 is 34.9 Å². The highest BCUT2D eigenvalue weighted by Crippen LogP contribution is 2.41. The molecule has 1 aliphatic rings. The first-order valence-corrected chi connectivity index (χ1v) is 6.12. The topological polar surface area (TPSA) is 74.6 Å². The average molecular weight is 294 g/mol. The van der Waals surface area contributed by atoms with Crippen molar-refractivity contribution in [3.8, 4) is 0 Å². The maximum absolute atomic E-state index is 13.4. The number of carboxylic acid groups (broad SMARTS) is 2. The number of carboxylic acids is 2. The number of halogens is 2. The average Bonchev–Trinajstić information content (AvgIpc) is 2.41. The molecule has 1 aromatic carbocycles. The summed E-state index contributed by atoms with van der Waals surface area (Å²) >= 11 is 0. The lowest BCUT2D eigenvalue weighted by atomic mass is 9.66. The first kappa shape index (κ1) is 14.9. The van der Waals surface area contributed by atoms with Gasteiger partial charge in [0, 0.05) is 11.5 Å². The number of hydrogen-bond donors (Lipinski definition) is 2. The summed E-state index contributed by atoms with van der Waals surface area (Å²) in [6.07, 6.45) is 3.89. The lowest BCUT2D eigenvalue weighted by Gasteiger charge is -2.35. The molecule has 2 rings (SSSR count). The van der Waals surface area contributed by atoms with Crippen LogP contribution in [0.3, 0.4) is 0 Å². The van der Waals surface area contributed by atoms with Crippen LogP contribution in [-0.4, -0.2) is 22.2 Å². The number of rotatable bonds is 3. The number of carbonyl (C=O) groups is 2. The van der Waals surface area contributed by atoms with Crippen LogP contribution in [0, 0.1) is 17.6 Å². The van der Waals surface area contributed by atoms with Gasteiger partial charge in [-0.15, -0.1) is 0 Å². The van der Waals surface area contributed by atoms with Gasteiger partial charge in [0.2, 0.25) is 0 Å². The zero-order valence-corrected chi connectivity index (χ0v) is 11.0. The summed E-state index contributed by atoms with van der Waals surface area (Å²) in [7, 11) is 0. The molecule has 2 atom stereocenters. The summed E-state index contributed by atoms with van der Waals surface area (Å²) in [5.41, 5.74) is -1.87. The van der Waals surface area contributed by atoms with E-state index in [9.17, 15) is 23.5 Å². The van der Waals surface area contributed by atoms with Crippen molar-refractivity contribution in [1.29, 1.82) is 0 Å². The van der Waals surface area contributed by atoms with Gasteiger partial charge in [0.25, 0.3) is 0 Å². The molecule has 0 aliphatic heterocycles. The monoisotopic (exact) mass is 294 g/mol. The minimum absolute atomic E-state index is 0.00972. The second-order valence-corrected chi connectivity index (χ2v) is 4.81. The Morgan fingerprint density at radius 3 is 2.38 bits per heavy atom. The Morgan fingerprint density at radius 1 is 1.19 bits per heavy atom. The van der Waals surface area contributed by atoms with Gasteiger partial charge in [0.1, 0.15) is 5.41 Å². The number of hydrogen-bond acceptors (Lipinski definition) is 2. The predicted octanol–water partition coefficient (Wildman–Crippen LogP) is 2.50. The van der Waals surface area contributed by atoms with Crippen LogP contribution in [0.4, 0.5) is 8.78 Å². The van der Waals surface area contributed by atoms with Gasteiger partial charge in [-0.1, -0.05) is 31.2 Å². The van der Waals surface area contributed by atoms with Crippen molar-refractivity contribution < 1.29 is 28.6 Å². The first-order valence-electron chi connectivity index (χ1n) is 6.12. The quantitative estimate of drug-likeness (QED) is 0.898. The van der Waals surface area contributed by atoms with Crippen LogP contribution >= 0.6 is 0 Å². The molecular weight excluding hydrogens is 282 g/mol. The van der Waals surface area contributed by atoms with Gasteiger partial charge in [-0.25, -0.2) is 13.6 Å². The minimum atomic E-state index is -1.75. The molecule has 0 saturated carbocycles. The van der Waals surface area contributed by atoms with Crippen molar-refractivity contribution >= 4 is 11.9 Å². The van der Waals surface area contributed by atoms with E-state index in [4.69, 9.17) is 5.11 Å². The van der Waals surface area contributed by atoms with E-state index in [2.05, 4.69) is 0 Å². The number of aliphatic carboxylic acids is 2. The molecule has 0 aromatic heterocycles. The molecule has 1 aliphatic carbocycles. The molecule has 110 valence electrons. The van der Waals surface area contributed by atoms with Gasteiger partial charge >= 0.3 is 11.9 Å². The fourth-order valence-electron chi connectivity index (χ4n) is 2.57. The first-order chi connectivity index (χ1) is 9.80. The lowest BCUT2D eigenvalue weighted by Crippen LogP contribution is -2.43. The molecule has 0 spiro atoms. The zero-order chi connectivity index (χ0) is 15.8. The van der Waals surface area contributed by atoms with Gasteiger partial charge in [-0.3, -0.25) is 4.79 Å². The van der Waals surface area contributed by atoms with Gasteiger partial charge in [-0.2, -0.15) is 0 Å². The number of allylic oxidation sites excluding steroid dienone is 2. The molecule has 2 unspecified atom stereocenters. The summed E-state index contributed by atoms with van der Waals surface area (Å²) in [6.45, 7) is 1.43. The third-order valence-corrected chi connectivity index (χ3v) is 3.78. The van der Waals surface area contributed by atoms with Crippen molar-refractivity contribution in [2.75, 3.05) is 0 Å². The van der Waals surface area contributed by atoms with E-state index in [1.165, 1.54) is 25.2 Å². The SMILES string of the molecule is CC1C(C(=O)O)=CC=CC1(C(=O)O)c1ccc(F)c(F)c1. The molecule has 4 nitrogen and oxygen atoms in total. The molecule has 0 heterocycles. The second kappa shape index (κ2) is 5.12. The normalized spacial score (nSPS) is 24.5. The molecular formula is C15H12F2O4. The van der Waals surface area contributed by atoms with Crippen LogP contribution in [0.15, 0.2) is 42.0 Å². The Balaban J connectivity index is 2.65. The third kappa shape index (κ3) is 2.22. The molecule has 0 fully saturated rings. The molecule has 6 heteroatoms. The summed E-state index contributed by atoms with van der Waals surface area (Å²) in [4.78, 5) is 23.0. The van der Waals surface area contributed by atoms with Crippen LogP contribution in [-0.2, 0) is 15.0 Å². The third-order valence-electron chi connectivity index (χ3n) is 3.78. The van der Waals surface area contributed by atoms with E-state index >= 15 is 0 Å². The summed E-state index contributed by atoms with van der Waals surface area (Å²) in [6, 6.07) is 2.77. The molecule has 0 bridgehead atoms. The van der Waals surface area contributed by atoms with E-state index in [-0.39, 0.29) is 11.1 Å². The molecule has 21 heavy (non-hydrogen) atoms. The highest BCUT2D eigenvalue weighted by molar-refractivity contribution is 5.93. The van der Waals surface area contributed by atoms with Crippen molar-refractivity contribution in [2.24, 2.45) is 5.92 Å². The molecule has 1 aromatic rings. The highest BCUT2D eigenvalue weighted by atomic mass is 19.2. The van der Waals surface area contributed by atoms with E-state index in [1.54, 1.807) is 0 Å². The van der Waals surface area contributed by atoms with Crippen LogP contribution in [0.5, 0.6) is 0 Å². The smallest absolute Gasteiger partial charge is 0.331 e. The van der Waals surface area contributed by atoms with Gasteiger partial charge < -0.3 is 10.2 Å². The lowest BCUT2D eigenvalue weighted by molar-refractivity contribution is -0.143. The molecule has 0 radical (unpaired) electrons. The highest BCUT2D eigenvalue weighted by Gasteiger charge is 2.47. The summed E-state index contributed by atoms with van der Waals surface area (Å²) < 4.78 is 26.5. The van der Waals surface area contributed by atoms with Gasteiger partial charge in [-0.05, 0) is 17.7 Å². The van der Waals surface area contributed by atoms with E-state index in [0.29, 0.717) is 0 Å². The maximum atomic E-state index is 13.4. The fraction of sp³-hybridized carbons (Fsp3) is 0.200. The van der Waals surface area contributed by atoms with Crippen molar-refractivity contribution in [2.45, 2.75) is 12.3 Å². The Labute approximate surface area is 119 Å². The van der Waals surface area contributed by atoms with Gasteiger partial charge in [0.15, 0.2) is 11.6 Å². The van der Waals surface area contributed by atoms with Crippen molar-refractivity contribution in [1.82, 2.24) is 0 Å². The zero-order valence-electron chi connectivity index (χ0n) is 11.0. The number of benzene rings is 1. The van der Waals surface area contributed by atoms with E-state index in [1.807, 2.05) is 0 Å². The van der Waals surface area contributed by atoms with Crippen LogP contribution in [0.2, 0.25) is 0 Å². The molecule has 2 N–H and O–H groups in total. The second-order valence-electron chi connectivity index (χ2n) is 4.81. The molecule has 0 amide bonds. The predicted molar refractivity (Wildman–Crippen MR) is 69.7 cm³/mol. The Kier molecular flexibility index (Phi) is 3.63. The summed E-state index contributed by atoms with van der Waals surface area (Å²) in [5, 5.41) is 18.7. The van der Waals surface area contributed by atoms with Crippen LogP contribution in [0.1, 0.15) is 12.5 Å². The van der Waals surface area contributed by atoms with Crippen LogP contribution < -0.4 is 0 Å². The minimum Gasteiger partial charge on any atom is -0.480 e. The van der Waals surface area contributed by atoms with Crippen molar-refractivity contribution in [3.05, 3.63) is 59.2 Å². The largest absolute Gasteiger partial charge is 0.480 e. The Hall–Kier alpha value is -2.50. The maximum Gasteiger partial charge on any atom is 0.331 e. The summed E-state index contributed by atoms with van der Waals surface area (Å²) in [5.74, 6) is -5.80. The van der Waals surface area contributed by atoms with Gasteiger partial charge in [0.05, 0.1) is 0 Å². The van der Waals surface area contributed by atoms with Crippen LogP contribution in [0.25, 0.3) is 0 Å². The fourth-order valence-corrected chi connectivity index (χ4v) is 2.57. The Morgan fingerprint density at radius 2 is 1.86 bits per heavy atom. The molecule has 0 saturated heterocycles.